The standard InChI is InChI=1S/C12H13BrN2O5/c13-7-1-2-10(9(5-7)15(18)19)20-8-3-4-12(14,6-8)11(16)17/h1-2,5,8H,3-4,6,14H2,(H,16,17). The largest absolute Gasteiger partial charge is 0.483 e. The molecule has 0 saturated heterocycles. The number of carboxylic acids is 1. The van der Waals surface area contributed by atoms with Crippen LogP contribution in [0.5, 0.6) is 5.75 Å². The molecule has 0 heterocycles. The van der Waals surface area contributed by atoms with E-state index < -0.39 is 22.5 Å². The maximum absolute atomic E-state index is 11.0. The van der Waals surface area contributed by atoms with Gasteiger partial charge >= 0.3 is 11.7 Å². The average Bonchev–Trinajstić information content (AvgIpc) is 2.74. The molecule has 1 aliphatic carbocycles. The van der Waals surface area contributed by atoms with Crippen molar-refractivity contribution in [1.82, 2.24) is 0 Å². The van der Waals surface area contributed by atoms with Crippen LogP contribution in [0.3, 0.4) is 0 Å². The molecule has 2 unspecified atom stereocenters. The van der Waals surface area contributed by atoms with E-state index in [9.17, 15) is 14.9 Å². The van der Waals surface area contributed by atoms with Crippen LogP contribution < -0.4 is 10.5 Å². The number of rotatable bonds is 4. The molecule has 0 aliphatic heterocycles. The van der Waals surface area contributed by atoms with Gasteiger partial charge in [0.15, 0.2) is 5.75 Å². The topological polar surface area (TPSA) is 116 Å². The predicted octanol–water partition coefficient (Wildman–Crippen LogP) is 2.07. The number of hydrogen-bond donors (Lipinski definition) is 2. The molecule has 0 radical (unpaired) electrons. The number of nitro benzene ring substituents is 1. The maximum Gasteiger partial charge on any atom is 0.323 e. The van der Waals surface area contributed by atoms with Crippen molar-refractivity contribution in [3.8, 4) is 5.75 Å². The summed E-state index contributed by atoms with van der Waals surface area (Å²) in [5, 5.41) is 20.0. The number of carbonyl (C=O) groups is 1. The lowest BCUT2D eigenvalue weighted by molar-refractivity contribution is -0.386. The van der Waals surface area contributed by atoms with Crippen LogP contribution >= 0.6 is 15.9 Å². The molecule has 0 spiro atoms. The molecule has 2 rings (SSSR count). The van der Waals surface area contributed by atoms with Crippen LogP contribution in [0.2, 0.25) is 0 Å². The Morgan fingerprint density at radius 1 is 1.60 bits per heavy atom. The number of ether oxygens (including phenoxy) is 1. The van der Waals surface area contributed by atoms with Gasteiger partial charge < -0.3 is 15.6 Å². The quantitative estimate of drug-likeness (QED) is 0.637. The van der Waals surface area contributed by atoms with Crippen LogP contribution in [-0.2, 0) is 4.79 Å². The van der Waals surface area contributed by atoms with Gasteiger partial charge in [0.25, 0.3) is 0 Å². The molecule has 1 fully saturated rings. The summed E-state index contributed by atoms with van der Waals surface area (Å²) < 4.78 is 6.13. The molecule has 7 nitrogen and oxygen atoms in total. The Balaban J connectivity index is 2.16. The zero-order valence-corrected chi connectivity index (χ0v) is 12.0. The molecule has 1 saturated carbocycles. The minimum Gasteiger partial charge on any atom is -0.483 e. The fraction of sp³-hybridized carbons (Fsp3) is 0.417. The number of hydrogen-bond acceptors (Lipinski definition) is 5. The van der Waals surface area contributed by atoms with Crippen molar-refractivity contribution in [2.45, 2.75) is 30.9 Å². The van der Waals surface area contributed by atoms with Gasteiger partial charge in [-0.3, -0.25) is 14.9 Å². The lowest BCUT2D eigenvalue weighted by Gasteiger charge is -2.18. The number of nitrogens with two attached hydrogens (primary N) is 1. The third kappa shape index (κ3) is 2.91. The number of aliphatic carboxylic acids is 1. The lowest BCUT2D eigenvalue weighted by atomic mass is 10.00. The van der Waals surface area contributed by atoms with Crippen LogP contribution in [0.15, 0.2) is 22.7 Å². The molecule has 0 aromatic heterocycles. The Morgan fingerprint density at radius 3 is 2.85 bits per heavy atom. The molecule has 0 bridgehead atoms. The first-order valence-corrected chi connectivity index (χ1v) is 6.74. The number of benzene rings is 1. The molecule has 1 aromatic carbocycles. The SMILES string of the molecule is NC1(C(=O)O)CCC(Oc2ccc(Br)cc2[N+](=O)[O-])C1. The summed E-state index contributed by atoms with van der Waals surface area (Å²) in [4.78, 5) is 21.5. The molecular weight excluding hydrogens is 332 g/mol. The summed E-state index contributed by atoms with van der Waals surface area (Å²) in [7, 11) is 0. The number of nitrogens with zero attached hydrogens (tertiary/aromatic N) is 1. The highest BCUT2D eigenvalue weighted by Crippen LogP contribution is 2.36. The van der Waals surface area contributed by atoms with Gasteiger partial charge in [-0.1, -0.05) is 15.9 Å². The van der Waals surface area contributed by atoms with Crippen LogP contribution in [0, 0.1) is 10.1 Å². The third-order valence-electron chi connectivity index (χ3n) is 3.34. The summed E-state index contributed by atoms with van der Waals surface area (Å²) in [5.74, 6) is -0.952. The second-order valence-corrected chi connectivity index (χ2v) is 5.73. The second kappa shape index (κ2) is 5.37. The molecule has 3 N–H and O–H groups in total. The van der Waals surface area contributed by atoms with E-state index in [0.29, 0.717) is 10.9 Å². The van der Waals surface area contributed by atoms with Crippen LogP contribution in [-0.4, -0.2) is 27.6 Å². The molecule has 0 amide bonds. The first-order valence-electron chi connectivity index (χ1n) is 5.95. The monoisotopic (exact) mass is 344 g/mol. The molecule has 1 aromatic rings. The van der Waals surface area contributed by atoms with Gasteiger partial charge in [-0.2, -0.15) is 0 Å². The van der Waals surface area contributed by atoms with E-state index in [1.165, 1.54) is 12.1 Å². The van der Waals surface area contributed by atoms with E-state index in [2.05, 4.69) is 15.9 Å². The Labute approximate surface area is 123 Å². The van der Waals surface area contributed by atoms with E-state index in [4.69, 9.17) is 15.6 Å². The molecular formula is C12H13BrN2O5. The van der Waals surface area contributed by atoms with Gasteiger partial charge in [-0.15, -0.1) is 0 Å². The normalized spacial score (nSPS) is 25.4. The van der Waals surface area contributed by atoms with Crippen molar-refractivity contribution < 1.29 is 19.6 Å². The summed E-state index contributed by atoms with van der Waals surface area (Å²) in [6.07, 6.45) is 0.444. The van der Waals surface area contributed by atoms with E-state index >= 15 is 0 Å². The molecule has 20 heavy (non-hydrogen) atoms. The third-order valence-corrected chi connectivity index (χ3v) is 3.83. The van der Waals surface area contributed by atoms with Crippen molar-refractivity contribution in [2.24, 2.45) is 5.73 Å². The first-order chi connectivity index (χ1) is 9.32. The Bertz CT molecular complexity index is 565. The summed E-state index contributed by atoms with van der Waals surface area (Å²) in [6, 6.07) is 4.46. The molecule has 2 atom stereocenters. The van der Waals surface area contributed by atoms with Crippen LogP contribution in [0.1, 0.15) is 19.3 Å². The van der Waals surface area contributed by atoms with Gasteiger partial charge in [0, 0.05) is 17.0 Å². The number of halogens is 1. The highest BCUT2D eigenvalue weighted by molar-refractivity contribution is 9.10. The van der Waals surface area contributed by atoms with E-state index in [1.807, 2.05) is 0 Å². The fourth-order valence-electron chi connectivity index (χ4n) is 2.24. The second-order valence-electron chi connectivity index (χ2n) is 4.81. The van der Waals surface area contributed by atoms with Gasteiger partial charge in [0.1, 0.15) is 11.6 Å². The molecule has 1 aliphatic rings. The average molecular weight is 345 g/mol. The Kier molecular flexibility index (Phi) is 3.96. The van der Waals surface area contributed by atoms with Gasteiger partial charge in [0.05, 0.1) is 4.92 Å². The smallest absolute Gasteiger partial charge is 0.323 e. The summed E-state index contributed by atoms with van der Waals surface area (Å²) >= 11 is 3.16. The predicted molar refractivity (Wildman–Crippen MR) is 73.6 cm³/mol. The highest BCUT2D eigenvalue weighted by Gasteiger charge is 2.43. The molecule has 108 valence electrons. The zero-order valence-electron chi connectivity index (χ0n) is 10.4. The van der Waals surface area contributed by atoms with Crippen molar-refractivity contribution in [2.75, 3.05) is 0 Å². The van der Waals surface area contributed by atoms with Crippen molar-refractivity contribution >= 4 is 27.6 Å². The van der Waals surface area contributed by atoms with Gasteiger partial charge in [-0.25, -0.2) is 0 Å². The first kappa shape index (κ1) is 14.7. The summed E-state index contributed by atoms with van der Waals surface area (Å²) in [5.41, 5.74) is 4.27. The van der Waals surface area contributed by atoms with Gasteiger partial charge in [0.2, 0.25) is 0 Å². The maximum atomic E-state index is 11.0. The van der Waals surface area contributed by atoms with E-state index in [0.717, 1.165) is 0 Å². The van der Waals surface area contributed by atoms with Gasteiger partial charge in [-0.05, 0) is 25.0 Å². The van der Waals surface area contributed by atoms with Crippen LogP contribution in [0.4, 0.5) is 5.69 Å². The van der Waals surface area contributed by atoms with E-state index in [1.54, 1.807) is 6.07 Å². The van der Waals surface area contributed by atoms with Crippen molar-refractivity contribution in [1.29, 1.82) is 0 Å². The minimum absolute atomic E-state index is 0.123. The fourth-order valence-corrected chi connectivity index (χ4v) is 2.59. The Hall–Kier alpha value is -1.67. The number of nitro groups is 1. The van der Waals surface area contributed by atoms with Crippen molar-refractivity contribution in [3.05, 3.63) is 32.8 Å². The molecule has 8 heteroatoms. The highest BCUT2D eigenvalue weighted by atomic mass is 79.9. The van der Waals surface area contributed by atoms with Crippen molar-refractivity contribution in [3.63, 3.8) is 0 Å². The lowest BCUT2D eigenvalue weighted by Crippen LogP contribution is -2.46. The zero-order chi connectivity index (χ0) is 14.9. The number of carboxylic acid groups (broad SMARTS) is 1. The van der Waals surface area contributed by atoms with Crippen LogP contribution in [0.25, 0.3) is 0 Å². The minimum atomic E-state index is -1.31. The summed E-state index contributed by atoms with van der Waals surface area (Å²) in [6.45, 7) is 0. The Morgan fingerprint density at radius 2 is 2.30 bits per heavy atom. The van der Waals surface area contributed by atoms with E-state index in [-0.39, 0.29) is 24.3 Å².